The summed E-state index contributed by atoms with van der Waals surface area (Å²) in [7, 11) is 0. The van der Waals surface area contributed by atoms with E-state index in [-0.39, 0.29) is 5.91 Å². The molecular formula is C20H21N5OS. The summed E-state index contributed by atoms with van der Waals surface area (Å²) in [6.07, 6.45) is 5.76. The second-order valence-electron chi connectivity index (χ2n) is 6.86. The molecule has 0 aliphatic heterocycles. The maximum absolute atomic E-state index is 12.4. The van der Waals surface area contributed by atoms with Gasteiger partial charge in [-0.25, -0.2) is 0 Å². The Morgan fingerprint density at radius 2 is 1.85 bits per heavy atom. The van der Waals surface area contributed by atoms with Crippen molar-refractivity contribution in [3.8, 4) is 11.4 Å². The highest BCUT2D eigenvalue weighted by Gasteiger charge is 2.30. The van der Waals surface area contributed by atoms with Crippen LogP contribution in [0, 0.1) is 13.8 Å². The zero-order valence-corrected chi connectivity index (χ0v) is 16.2. The summed E-state index contributed by atoms with van der Waals surface area (Å²) in [5, 5.41) is 12.5. The first-order valence-electron chi connectivity index (χ1n) is 8.96. The molecule has 0 bridgehead atoms. The Bertz CT molecular complexity index is 946. The molecule has 3 aromatic rings. The van der Waals surface area contributed by atoms with Crippen LogP contribution >= 0.6 is 11.8 Å². The van der Waals surface area contributed by atoms with Crippen LogP contribution in [0.25, 0.3) is 11.4 Å². The lowest BCUT2D eigenvalue weighted by atomic mass is 10.1. The highest BCUT2D eigenvalue weighted by atomic mass is 32.2. The van der Waals surface area contributed by atoms with Gasteiger partial charge in [0.25, 0.3) is 0 Å². The zero-order chi connectivity index (χ0) is 18.8. The van der Waals surface area contributed by atoms with Gasteiger partial charge in [0.15, 0.2) is 11.0 Å². The Labute approximate surface area is 162 Å². The maximum atomic E-state index is 12.4. The van der Waals surface area contributed by atoms with Crippen LogP contribution in [-0.2, 0) is 4.79 Å². The molecule has 0 radical (unpaired) electrons. The normalized spacial score (nSPS) is 13.6. The van der Waals surface area contributed by atoms with Gasteiger partial charge >= 0.3 is 0 Å². The molecule has 0 unspecified atom stereocenters. The summed E-state index contributed by atoms with van der Waals surface area (Å²) in [5.74, 6) is 1.10. The fourth-order valence-corrected chi connectivity index (χ4v) is 3.91. The molecule has 1 fully saturated rings. The third-order valence-electron chi connectivity index (χ3n) is 4.35. The lowest BCUT2D eigenvalue weighted by molar-refractivity contribution is -0.113. The molecule has 2 aromatic heterocycles. The van der Waals surface area contributed by atoms with Gasteiger partial charge in [-0.3, -0.25) is 14.3 Å². The number of thioether (sulfide) groups is 1. The number of rotatable bonds is 6. The molecule has 1 N–H and O–H groups in total. The molecule has 6 nitrogen and oxygen atoms in total. The SMILES string of the molecule is Cc1cc(C)cc(NC(=O)CSc2nnc(-c3ccncc3)n2C2CC2)c1. The fraction of sp³-hybridized carbons (Fsp3) is 0.300. The van der Waals surface area contributed by atoms with E-state index in [0.29, 0.717) is 11.8 Å². The minimum absolute atomic E-state index is 0.0409. The van der Waals surface area contributed by atoms with Crippen molar-refractivity contribution in [1.29, 1.82) is 0 Å². The van der Waals surface area contributed by atoms with Crippen LogP contribution in [0.3, 0.4) is 0 Å². The number of aromatic nitrogens is 4. The highest BCUT2D eigenvalue weighted by molar-refractivity contribution is 7.99. The van der Waals surface area contributed by atoms with Crippen molar-refractivity contribution in [3.05, 3.63) is 53.9 Å². The molecule has 27 heavy (non-hydrogen) atoms. The van der Waals surface area contributed by atoms with Crippen LogP contribution in [0.15, 0.2) is 47.9 Å². The van der Waals surface area contributed by atoms with E-state index in [1.54, 1.807) is 12.4 Å². The van der Waals surface area contributed by atoms with Crippen molar-refractivity contribution in [2.45, 2.75) is 37.9 Å². The van der Waals surface area contributed by atoms with Gasteiger partial charge in [-0.15, -0.1) is 10.2 Å². The van der Waals surface area contributed by atoms with Gasteiger partial charge in [-0.05, 0) is 62.1 Å². The summed E-state index contributed by atoms with van der Waals surface area (Å²) < 4.78 is 2.16. The average molecular weight is 379 g/mol. The molecule has 0 atom stereocenters. The Balaban J connectivity index is 1.47. The molecule has 1 aliphatic rings. The standard InChI is InChI=1S/C20H21N5OS/c1-13-9-14(2)11-16(10-13)22-18(26)12-27-20-24-23-19(25(20)17-3-4-17)15-5-7-21-8-6-15/h5-11,17H,3-4,12H2,1-2H3,(H,22,26). The number of aryl methyl sites for hydroxylation is 2. The van der Waals surface area contributed by atoms with E-state index in [4.69, 9.17) is 0 Å². The molecule has 1 amide bonds. The lowest BCUT2D eigenvalue weighted by Gasteiger charge is -2.09. The Kier molecular flexibility index (Phi) is 4.94. The maximum Gasteiger partial charge on any atom is 0.234 e. The average Bonchev–Trinajstić information content (AvgIpc) is 3.39. The Morgan fingerprint density at radius 3 is 2.52 bits per heavy atom. The first kappa shape index (κ1) is 17.7. The number of carbonyl (C=O) groups is 1. The molecule has 0 spiro atoms. The van der Waals surface area contributed by atoms with Gasteiger partial charge in [-0.1, -0.05) is 17.8 Å². The Morgan fingerprint density at radius 1 is 1.15 bits per heavy atom. The molecule has 1 aliphatic carbocycles. The summed E-state index contributed by atoms with van der Waals surface area (Å²) in [5.41, 5.74) is 4.09. The van der Waals surface area contributed by atoms with Crippen LogP contribution in [-0.4, -0.2) is 31.4 Å². The molecule has 0 saturated heterocycles. The van der Waals surface area contributed by atoms with E-state index in [0.717, 1.165) is 46.2 Å². The lowest BCUT2D eigenvalue weighted by Crippen LogP contribution is -2.15. The molecule has 7 heteroatoms. The van der Waals surface area contributed by atoms with E-state index in [2.05, 4.69) is 31.1 Å². The number of amides is 1. The molecule has 1 saturated carbocycles. The summed E-state index contributed by atoms with van der Waals surface area (Å²) in [6.45, 7) is 4.05. The number of nitrogens with one attached hydrogen (secondary N) is 1. The number of nitrogens with zero attached hydrogens (tertiary/aromatic N) is 4. The molecule has 4 rings (SSSR count). The number of pyridine rings is 1. The van der Waals surface area contributed by atoms with E-state index in [1.807, 2.05) is 38.1 Å². The minimum atomic E-state index is -0.0409. The van der Waals surface area contributed by atoms with Gasteiger partial charge in [0.05, 0.1) is 5.75 Å². The molecule has 138 valence electrons. The van der Waals surface area contributed by atoms with Gasteiger partial charge in [0, 0.05) is 29.7 Å². The van der Waals surface area contributed by atoms with E-state index in [1.165, 1.54) is 11.8 Å². The van der Waals surface area contributed by atoms with Crippen LogP contribution in [0.4, 0.5) is 5.69 Å². The van der Waals surface area contributed by atoms with Crippen molar-refractivity contribution in [2.24, 2.45) is 0 Å². The summed E-state index contributed by atoms with van der Waals surface area (Å²) in [6, 6.07) is 10.3. The number of benzene rings is 1. The number of anilines is 1. The predicted octanol–water partition coefficient (Wildman–Crippen LogP) is 4.02. The van der Waals surface area contributed by atoms with Crippen molar-refractivity contribution in [2.75, 3.05) is 11.1 Å². The zero-order valence-electron chi connectivity index (χ0n) is 15.3. The number of hydrogen-bond donors (Lipinski definition) is 1. The topological polar surface area (TPSA) is 72.7 Å². The van der Waals surface area contributed by atoms with Gasteiger partial charge in [0.2, 0.25) is 5.91 Å². The summed E-state index contributed by atoms with van der Waals surface area (Å²) in [4.78, 5) is 16.4. The van der Waals surface area contributed by atoms with Crippen molar-refractivity contribution >= 4 is 23.4 Å². The second kappa shape index (κ2) is 7.52. The van der Waals surface area contributed by atoms with Crippen molar-refractivity contribution < 1.29 is 4.79 Å². The van der Waals surface area contributed by atoms with Crippen molar-refractivity contribution in [1.82, 2.24) is 19.7 Å². The second-order valence-corrected chi connectivity index (χ2v) is 7.80. The third-order valence-corrected chi connectivity index (χ3v) is 5.30. The quantitative estimate of drug-likeness (QED) is 0.655. The molecule has 2 heterocycles. The first-order chi connectivity index (χ1) is 13.1. The largest absolute Gasteiger partial charge is 0.325 e. The fourth-order valence-electron chi connectivity index (χ4n) is 3.11. The van der Waals surface area contributed by atoms with Crippen LogP contribution < -0.4 is 5.32 Å². The van der Waals surface area contributed by atoms with Gasteiger partial charge in [0.1, 0.15) is 0 Å². The predicted molar refractivity (Wildman–Crippen MR) is 107 cm³/mol. The molecular weight excluding hydrogens is 358 g/mol. The summed E-state index contributed by atoms with van der Waals surface area (Å²) >= 11 is 1.43. The number of hydrogen-bond acceptors (Lipinski definition) is 5. The van der Waals surface area contributed by atoms with Gasteiger partial charge in [-0.2, -0.15) is 0 Å². The van der Waals surface area contributed by atoms with Crippen LogP contribution in [0.1, 0.15) is 30.0 Å². The monoisotopic (exact) mass is 379 g/mol. The van der Waals surface area contributed by atoms with Gasteiger partial charge < -0.3 is 5.32 Å². The minimum Gasteiger partial charge on any atom is -0.325 e. The number of carbonyl (C=O) groups excluding carboxylic acids is 1. The highest BCUT2D eigenvalue weighted by Crippen LogP contribution is 2.40. The van der Waals surface area contributed by atoms with Crippen LogP contribution in [0.5, 0.6) is 0 Å². The smallest absolute Gasteiger partial charge is 0.234 e. The van der Waals surface area contributed by atoms with Crippen LogP contribution in [0.2, 0.25) is 0 Å². The van der Waals surface area contributed by atoms with Crippen molar-refractivity contribution in [3.63, 3.8) is 0 Å². The van der Waals surface area contributed by atoms with E-state index >= 15 is 0 Å². The Hall–Kier alpha value is -2.67. The third kappa shape index (κ3) is 4.19. The molecule has 1 aromatic carbocycles. The van der Waals surface area contributed by atoms with E-state index in [9.17, 15) is 4.79 Å². The first-order valence-corrected chi connectivity index (χ1v) is 9.95. The van der Waals surface area contributed by atoms with E-state index < -0.39 is 0 Å².